The van der Waals surface area contributed by atoms with Gasteiger partial charge in [-0.05, 0) is 123 Å². The van der Waals surface area contributed by atoms with Crippen LogP contribution in [0.15, 0.2) is 52.2 Å². The fraction of sp³-hybridized carbons (Fsp3) is 0.688. The molecule has 3 amide bonds. The first-order chi connectivity index (χ1) is 30.0. The number of oxime groups is 1. The zero-order valence-electron chi connectivity index (χ0n) is 36.1. The van der Waals surface area contributed by atoms with Gasteiger partial charge in [0.2, 0.25) is 5.91 Å². The van der Waals surface area contributed by atoms with Crippen LogP contribution in [-0.2, 0) is 23.8 Å². The van der Waals surface area contributed by atoms with Gasteiger partial charge in [0.1, 0.15) is 12.2 Å². The highest BCUT2D eigenvalue weighted by molar-refractivity contribution is 8.00. The summed E-state index contributed by atoms with van der Waals surface area (Å²) >= 11 is 1.90. The Bertz CT molecular complexity index is 1920. The molecule has 11 nitrogen and oxygen atoms in total. The number of benzene rings is 1. The van der Waals surface area contributed by atoms with Gasteiger partial charge in [0, 0.05) is 35.3 Å². The molecule has 1 aromatic carbocycles. The van der Waals surface area contributed by atoms with Crippen molar-refractivity contribution in [2.24, 2.45) is 22.4 Å². The number of halogens is 2. The largest absolute Gasteiger partial charge is 0.393 e. The van der Waals surface area contributed by atoms with Crippen LogP contribution in [0.2, 0.25) is 0 Å². The molecule has 14 heteroatoms. The predicted octanol–water partition coefficient (Wildman–Crippen LogP) is 7.16. The van der Waals surface area contributed by atoms with Gasteiger partial charge in [0.05, 0.1) is 57.4 Å². The van der Waals surface area contributed by atoms with E-state index in [4.69, 9.17) is 25.5 Å². The second-order valence-corrected chi connectivity index (χ2v) is 19.8. The van der Waals surface area contributed by atoms with Crippen LogP contribution in [-0.4, -0.2) is 110 Å². The third-order valence-electron chi connectivity index (χ3n) is 14.9. The molecule has 0 radical (unpaired) electrons. The van der Waals surface area contributed by atoms with Crippen molar-refractivity contribution in [3.8, 4) is 12.3 Å². The number of hydrogen-bond donors (Lipinski definition) is 4. The number of hydrogen-bond acceptors (Lipinski definition) is 9. The van der Waals surface area contributed by atoms with Crippen molar-refractivity contribution in [1.82, 2.24) is 16.0 Å². The number of nitrogens with zero attached hydrogens (tertiary/aromatic N) is 1. The van der Waals surface area contributed by atoms with Crippen LogP contribution in [0.1, 0.15) is 113 Å². The summed E-state index contributed by atoms with van der Waals surface area (Å²) in [5, 5.41) is 25.6. The molecule has 2 aliphatic heterocycles. The minimum atomic E-state index is -3.60. The Kier molecular flexibility index (Phi) is 14.3. The van der Waals surface area contributed by atoms with Crippen molar-refractivity contribution in [2.75, 3.05) is 58.5 Å². The van der Waals surface area contributed by atoms with E-state index in [-0.39, 0.29) is 48.2 Å². The molecule has 3 saturated carbocycles. The highest BCUT2D eigenvalue weighted by Crippen LogP contribution is 2.69. The molecular formula is C48H64F2N4O7S. The van der Waals surface area contributed by atoms with E-state index in [2.05, 4.69) is 51.4 Å². The zero-order chi connectivity index (χ0) is 43.3. The maximum absolute atomic E-state index is 15.5. The van der Waals surface area contributed by atoms with Gasteiger partial charge in [-0.15, -0.1) is 6.42 Å². The van der Waals surface area contributed by atoms with Gasteiger partial charge in [-0.2, -0.15) is 20.5 Å². The summed E-state index contributed by atoms with van der Waals surface area (Å²) < 4.78 is 47.8. The van der Waals surface area contributed by atoms with Gasteiger partial charge in [-0.25, -0.2) is 4.79 Å². The molecule has 0 spiro atoms. The van der Waals surface area contributed by atoms with E-state index in [9.17, 15) is 14.7 Å². The molecule has 338 valence electrons. The number of alkyl halides is 2. The molecule has 8 rings (SSSR count). The molecular weight excluding hydrogens is 815 g/mol. The number of thioether (sulfide) groups is 1. The summed E-state index contributed by atoms with van der Waals surface area (Å²) in [6.07, 6.45) is 17.5. The number of terminal acetylenes is 1. The number of urea groups is 1. The van der Waals surface area contributed by atoms with Crippen molar-refractivity contribution in [3.63, 3.8) is 0 Å². The predicted molar refractivity (Wildman–Crippen MR) is 235 cm³/mol. The van der Waals surface area contributed by atoms with Crippen LogP contribution in [0.5, 0.6) is 0 Å². The lowest BCUT2D eigenvalue weighted by atomic mass is 9.50. The Hall–Kier alpha value is -3.48. The van der Waals surface area contributed by atoms with E-state index in [0.717, 1.165) is 62.0 Å². The topological polar surface area (TPSA) is 140 Å². The van der Waals surface area contributed by atoms with Crippen molar-refractivity contribution in [3.05, 3.63) is 58.2 Å². The van der Waals surface area contributed by atoms with E-state index in [1.54, 1.807) is 5.92 Å². The SMILES string of the molecule is C#CC(F)(F)[C@]1(O)CC[C@H]2[C@@H]3CCC4=CC(=NOCCOCCOCCOCCNC(=O)CCCCC5SCC6NC(=O)NC65)CCC4=C3[C@@H](c3ccc(C4CC4)cc3)C[C@@]21C. The smallest absolute Gasteiger partial charge is 0.336 e. The first-order valence-corrected chi connectivity index (χ1v) is 24.1. The maximum Gasteiger partial charge on any atom is 0.336 e. The molecule has 3 unspecified atom stereocenters. The molecule has 0 aromatic heterocycles. The highest BCUT2D eigenvalue weighted by atomic mass is 32.2. The molecule has 4 N–H and O–H groups in total. The number of nitrogens with one attached hydrogen (secondary N) is 3. The number of carbonyl (C=O) groups is 2. The Labute approximate surface area is 369 Å². The van der Waals surface area contributed by atoms with Gasteiger partial charge in [-0.1, -0.05) is 48.3 Å². The first kappa shape index (κ1) is 45.1. The maximum atomic E-state index is 15.5. The van der Waals surface area contributed by atoms with E-state index in [1.165, 1.54) is 35.1 Å². The number of aliphatic hydroxyl groups is 1. The highest BCUT2D eigenvalue weighted by Gasteiger charge is 2.71. The molecule has 0 bridgehead atoms. The first-order valence-electron chi connectivity index (χ1n) is 23.0. The lowest BCUT2D eigenvalue weighted by Crippen LogP contribution is -2.60. The van der Waals surface area contributed by atoms with E-state index in [1.807, 2.05) is 18.7 Å². The number of rotatable bonds is 21. The summed E-state index contributed by atoms with van der Waals surface area (Å²) in [6.45, 7) is 5.18. The number of carbonyl (C=O) groups excluding carboxylic acids is 2. The van der Waals surface area contributed by atoms with Crippen molar-refractivity contribution in [1.29, 1.82) is 0 Å². The quantitative estimate of drug-likeness (QED) is 0.0442. The average Bonchev–Trinajstić information content (AvgIpc) is 3.88. The molecule has 8 atom stereocenters. The van der Waals surface area contributed by atoms with Crippen LogP contribution in [0.25, 0.3) is 0 Å². The molecule has 62 heavy (non-hydrogen) atoms. The minimum absolute atomic E-state index is 0.0101. The molecule has 7 aliphatic rings. The van der Waals surface area contributed by atoms with Crippen LogP contribution >= 0.6 is 11.8 Å². The summed E-state index contributed by atoms with van der Waals surface area (Å²) in [4.78, 5) is 29.4. The van der Waals surface area contributed by atoms with Gasteiger partial charge in [0.15, 0.2) is 0 Å². The second kappa shape index (κ2) is 19.7. The van der Waals surface area contributed by atoms with E-state index in [0.29, 0.717) is 83.2 Å². The van der Waals surface area contributed by atoms with Crippen LogP contribution in [0.3, 0.4) is 0 Å². The average molecular weight is 879 g/mol. The van der Waals surface area contributed by atoms with Crippen molar-refractivity contribution < 1.29 is 42.5 Å². The standard InChI is InChI=1S/C48H64F2N4O7S/c1-3-48(49,50)47(57)19-18-39-37-16-14-34-28-35(15-17-36(34)43(37)38(29-46(39,47)2)33-12-10-32(11-13-33)31-8-9-31)54-61-27-26-60-25-24-59-23-22-58-21-20-51-42(55)7-5-4-6-41-44-40(30-62-41)52-45(56)53-44/h1,10-13,28,31,37-41,44,57H,4-9,14-27,29-30H2,2H3,(H,51,55)(H2,52,53,56)/t37-,38+,39-,40?,41?,44?,46-,47-/m0/s1. The number of ether oxygens (including phenoxy) is 3. The van der Waals surface area contributed by atoms with Crippen molar-refractivity contribution in [2.45, 2.75) is 131 Å². The van der Waals surface area contributed by atoms with Gasteiger partial charge >= 0.3 is 12.0 Å². The lowest BCUT2D eigenvalue weighted by molar-refractivity contribution is -0.209. The lowest BCUT2D eigenvalue weighted by Gasteiger charge is -2.55. The Morgan fingerprint density at radius 3 is 2.45 bits per heavy atom. The van der Waals surface area contributed by atoms with Gasteiger partial charge < -0.3 is 40.1 Å². The third-order valence-corrected chi connectivity index (χ3v) is 16.4. The number of fused-ring (bicyclic) bond motifs is 5. The minimum Gasteiger partial charge on any atom is -0.393 e. The Morgan fingerprint density at radius 1 is 0.984 bits per heavy atom. The summed E-state index contributed by atoms with van der Waals surface area (Å²) in [6, 6.07) is 9.20. The Balaban J connectivity index is 0.724. The van der Waals surface area contributed by atoms with E-state index < -0.39 is 16.9 Å². The number of unbranched alkanes of at least 4 members (excludes halogenated alkanes) is 1. The number of allylic oxidation sites excluding steroid dienone is 4. The molecule has 5 aliphatic carbocycles. The van der Waals surface area contributed by atoms with Gasteiger partial charge in [0.25, 0.3) is 0 Å². The molecule has 5 fully saturated rings. The zero-order valence-corrected chi connectivity index (χ0v) is 36.9. The van der Waals surface area contributed by atoms with Crippen LogP contribution in [0, 0.1) is 29.6 Å². The summed E-state index contributed by atoms with van der Waals surface area (Å²) in [5.74, 6) is -0.349. The van der Waals surface area contributed by atoms with Crippen LogP contribution < -0.4 is 16.0 Å². The monoisotopic (exact) mass is 878 g/mol. The third kappa shape index (κ3) is 9.63. The molecule has 2 saturated heterocycles. The van der Waals surface area contributed by atoms with Gasteiger partial charge in [-0.3, -0.25) is 4.79 Å². The number of amides is 3. The fourth-order valence-corrected chi connectivity index (χ4v) is 13.0. The normalized spacial score (nSPS) is 32.0. The molecule has 2 heterocycles. The second-order valence-electron chi connectivity index (χ2n) is 18.6. The molecule has 1 aromatic rings. The van der Waals surface area contributed by atoms with E-state index >= 15 is 8.78 Å². The van der Waals surface area contributed by atoms with Crippen molar-refractivity contribution >= 4 is 29.4 Å². The summed E-state index contributed by atoms with van der Waals surface area (Å²) in [5.41, 5.74) is 4.09. The Morgan fingerprint density at radius 2 is 1.71 bits per heavy atom. The summed E-state index contributed by atoms with van der Waals surface area (Å²) in [7, 11) is 0. The van der Waals surface area contributed by atoms with Crippen LogP contribution in [0.4, 0.5) is 13.6 Å². The fourth-order valence-electron chi connectivity index (χ4n) is 11.5.